The van der Waals surface area contributed by atoms with Crippen molar-refractivity contribution in [3.8, 4) is 0 Å². The van der Waals surface area contributed by atoms with E-state index in [0.29, 0.717) is 11.3 Å². The molecule has 0 unspecified atom stereocenters. The van der Waals surface area contributed by atoms with Crippen molar-refractivity contribution in [3.63, 3.8) is 0 Å². The Hall–Kier alpha value is -1.24. The zero-order chi connectivity index (χ0) is 15.8. The molecule has 2 rings (SSSR count). The average Bonchev–Trinajstić information content (AvgIpc) is 2.66. The molecule has 9 nitrogen and oxygen atoms in total. The summed E-state index contributed by atoms with van der Waals surface area (Å²) in [7, 11) is -7.21. The van der Waals surface area contributed by atoms with Crippen molar-refractivity contribution in [1.29, 1.82) is 0 Å². The van der Waals surface area contributed by atoms with Gasteiger partial charge in [-0.25, -0.2) is 16.8 Å². The first-order chi connectivity index (χ1) is 9.63. The van der Waals surface area contributed by atoms with Crippen LogP contribution in [-0.4, -0.2) is 50.7 Å². The third-order valence-corrected chi connectivity index (χ3v) is 8.04. The summed E-state index contributed by atoms with van der Waals surface area (Å²) in [6.07, 6.45) is 0.199. The maximum atomic E-state index is 12.4. The Kier molecular flexibility index (Phi) is 4.24. The van der Waals surface area contributed by atoms with E-state index in [0.717, 1.165) is 10.4 Å². The maximum absolute atomic E-state index is 12.4. The number of sulfonamides is 1. The van der Waals surface area contributed by atoms with Crippen molar-refractivity contribution >= 4 is 41.9 Å². The van der Waals surface area contributed by atoms with Crippen LogP contribution >= 0.6 is 11.3 Å². The second-order valence-electron chi connectivity index (χ2n) is 4.48. The second kappa shape index (κ2) is 5.51. The molecule has 0 atom stereocenters. The molecule has 0 radical (unpaired) electrons. The van der Waals surface area contributed by atoms with E-state index < -0.39 is 30.5 Å². The SMILES string of the molecule is Nc1sc(S(=O)(=O)N2CCCS(=O)(=O)CC2)cc1[N+](=O)[O-]. The van der Waals surface area contributed by atoms with Gasteiger partial charge in [0.15, 0.2) is 14.8 Å². The summed E-state index contributed by atoms with van der Waals surface area (Å²) in [5.41, 5.74) is 4.98. The Bertz CT molecular complexity index is 767. The second-order valence-corrected chi connectivity index (χ2v) is 10.0. The quantitative estimate of drug-likeness (QED) is 0.596. The van der Waals surface area contributed by atoms with Gasteiger partial charge in [-0.1, -0.05) is 11.3 Å². The number of rotatable bonds is 3. The molecule has 0 bridgehead atoms. The fourth-order valence-electron chi connectivity index (χ4n) is 1.93. The van der Waals surface area contributed by atoms with E-state index in [4.69, 9.17) is 5.73 Å². The molecule has 2 heterocycles. The van der Waals surface area contributed by atoms with Crippen LogP contribution in [0.1, 0.15) is 6.42 Å². The van der Waals surface area contributed by atoms with E-state index in [-0.39, 0.29) is 40.2 Å². The summed E-state index contributed by atoms with van der Waals surface area (Å²) in [6, 6.07) is 0.911. The summed E-state index contributed by atoms with van der Waals surface area (Å²) in [5.74, 6) is -0.319. The van der Waals surface area contributed by atoms with Crippen LogP contribution in [0.25, 0.3) is 0 Å². The number of nitrogens with two attached hydrogens (primary N) is 1. The number of nitrogens with zero attached hydrogens (tertiary/aromatic N) is 2. The lowest BCUT2D eigenvalue weighted by Crippen LogP contribution is -2.33. The molecular formula is C9H13N3O6S3. The van der Waals surface area contributed by atoms with Crippen molar-refractivity contribution in [1.82, 2.24) is 4.31 Å². The Balaban J connectivity index is 2.34. The van der Waals surface area contributed by atoms with E-state index >= 15 is 0 Å². The molecule has 0 saturated carbocycles. The number of sulfone groups is 1. The van der Waals surface area contributed by atoms with Crippen LogP contribution in [-0.2, 0) is 19.9 Å². The van der Waals surface area contributed by atoms with Gasteiger partial charge in [-0.3, -0.25) is 10.1 Å². The lowest BCUT2D eigenvalue weighted by Gasteiger charge is -2.17. The number of nitrogen functional groups attached to an aromatic ring is 1. The highest BCUT2D eigenvalue weighted by atomic mass is 32.2. The zero-order valence-electron chi connectivity index (χ0n) is 10.8. The van der Waals surface area contributed by atoms with Gasteiger partial charge in [0.1, 0.15) is 4.21 Å². The van der Waals surface area contributed by atoms with Crippen molar-refractivity contribution in [2.75, 3.05) is 30.3 Å². The van der Waals surface area contributed by atoms with Gasteiger partial charge in [0.25, 0.3) is 10.0 Å². The van der Waals surface area contributed by atoms with Crippen LogP contribution in [0, 0.1) is 10.1 Å². The average molecular weight is 355 g/mol. The molecule has 1 saturated heterocycles. The van der Waals surface area contributed by atoms with Gasteiger partial charge >= 0.3 is 5.69 Å². The van der Waals surface area contributed by atoms with Gasteiger partial charge in [-0.2, -0.15) is 4.31 Å². The highest BCUT2D eigenvalue weighted by Crippen LogP contribution is 2.36. The molecule has 1 aromatic heterocycles. The first-order valence-electron chi connectivity index (χ1n) is 5.88. The van der Waals surface area contributed by atoms with Crippen LogP contribution in [0.5, 0.6) is 0 Å². The molecule has 12 heteroatoms. The van der Waals surface area contributed by atoms with Crippen molar-refractivity contribution in [2.24, 2.45) is 0 Å². The predicted octanol–water partition coefficient (Wildman–Crippen LogP) is 0.0477. The number of anilines is 1. The third kappa shape index (κ3) is 3.33. The lowest BCUT2D eigenvalue weighted by atomic mass is 10.5. The molecule has 118 valence electrons. The highest BCUT2D eigenvalue weighted by molar-refractivity contribution is 7.92. The zero-order valence-corrected chi connectivity index (χ0v) is 13.2. The van der Waals surface area contributed by atoms with Crippen LogP contribution in [0.15, 0.2) is 10.3 Å². The molecule has 0 aromatic carbocycles. The Morgan fingerprint density at radius 1 is 1.33 bits per heavy atom. The standard InChI is InChI=1S/C9H13N3O6S3/c10-9-7(12(13)14)6-8(19-9)21(17,18)11-2-1-4-20(15,16)5-3-11/h6H,1-5,10H2. The number of thiophene rings is 1. The molecule has 21 heavy (non-hydrogen) atoms. The fourth-order valence-corrected chi connectivity index (χ4v) is 6.16. The van der Waals surface area contributed by atoms with Crippen LogP contribution in [0.2, 0.25) is 0 Å². The minimum Gasteiger partial charge on any atom is -0.385 e. The van der Waals surface area contributed by atoms with E-state index in [1.807, 2.05) is 0 Å². The summed E-state index contributed by atoms with van der Waals surface area (Å²) in [6.45, 7) is -0.0938. The molecule has 0 aliphatic carbocycles. The topological polar surface area (TPSA) is 141 Å². The van der Waals surface area contributed by atoms with Crippen LogP contribution in [0.4, 0.5) is 10.7 Å². The summed E-state index contributed by atoms with van der Waals surface area (Å²) < 4.78 is 48.6. The van der Waals surface area contributed by atoms with Crippen LogP contribution < -0.4 is 5.73 Å². The molecule has 2 N–H and O–H groups in total. The van der Waals surface area contributed by atoms with Gasteiger partial charge in [-0.15, -0.1) is 0 Å². The Morgan fingerprint density at radius 2 is 2.00 bits per heavy atom. The smallest absolute Gasteiger partial charge is 0.304 e. The van der Waals surface area contributed by atoms with E-state index in [1.165, 1.54) is 0 Å². The number of hydrogen-bond donors (Lipinski definition) is 1. The molecular weight excluding hydrogens is 342 g/mol. The van der Waals surface area contributed by atoms with Crippen molar-refractivity contribution in [2.45, 2.75) is 10.6 Å². The molecule has 1 aliphatic heterocycles. The minimum atomic E-state index is -3.97. The van der Waals surface area contributed by atoms with Crippen molar-refractivity contribution in [3.05, 3.63) is 16.2 Å². The summed E-state index contributed by atoms with van der Waals surface area (Å²) >= 11 is 0.607. The molecule has 0 spiro atoms. The summed E-state index contributed by atoms with van der Waals surface area (Å²) in [4.78, 5) is 9.97. The van der Waals surface area contributed by atoms with Gasteiger partial charge in [0.2, 0.25) is 0 Å². The Morgan fingerprint density at radius 3 is 2.57 bits per heavy atom. The normalized spacial score (nSPS) is 20.0. The maximum Gasteiger partial charge on any atom is 0.304 e. The van der Waals surface area contributed by atoms with Gasteiger partial charge in [0.05, 0.1) is 16.4 Å². The first-order valence-corrected chi connectivity index (χ1v) is 9.95. The summed E-state index contributed by atoms with van der Waals surface area (Å²) in [5, 5.41) is 10.5. The van der Waals surface area contributed by atoms with Gasteiger partial charge < -0.3 is 5.73 Å². The third-order valence-electron chi connectivity index (χ3n) is 3.02. The lowest BCUT2D eigenvalue weighted by molar-refractivity contribution is -0.383. The minimum absolute atomic E-state index is 0.0627. The fraction of sp³-hybridized carbons (Fsp3) is 0.556. The molecule has 0 amide bonds. The van der Waals surface area contributed by atoms with Gasteiger partial charge in [0, 0.05) is 19.2 Å². The number of hydrogen-bond acceptors (Lipinski definition) is 8. The molecule has 1 aromatic rings. The van der Waals surface area contributed by atoms with E-state index in [2.05, 4.69) is 0 Å². The first kappa shape index (κ1) is 16.1. The highest BCUT2D eigenvalue weighted by Gasteiger charge is 2.32. The number of nitro groups is 1. The largest absolute Gasteiger partial charge is 0.385 e. The van der Waals surface area contributed by atoms with Crippen LogP contribution in [0.3, 0.4) is 0 Å². The predicted molar refractivity (Wildman–Crippen MR) is 77.4 cm³/mol. The van der Waals surface area contributed by atoms with Gasteiger partial charge in [-0.05, 0) is 6.42 Å². The van der Waals surface area contributed by atoms with E-state index in [1.54, 1.807) is 0 Å². The molecule has 1 fully saturated rings. The van der Waals surface area contributed by atoms with Crippen molar-refractivity contribution < 1.29 is 21.8 Å². The monoisotopic (exact) mass is 355 g/mol. The van der Waals surface area contributed by atoms with E-state index in [9.17, 15) is 26.9 Å². The molecule has 1 aliphatic rings. The Labute approximate surface area is 125 Å².